The predicted molar refractivity (Wildman–Crippen MR) is 169 cm³/mol. The van der Waals surface area contributed by atoms with Gasteiger partial charge < -0.3 is 15.0 Å². The van der Waals surface area contributed by atoms with Crippen LogP contribution in [0.3, 0.4) is 0 Å². The maximum Gasteiger partial charge on any atom is 0.264 e. The van der Waals surface area contributed by atoms with Crippen LogP contribution in [0.2, 0.25) is 5.02 Å². The molecule has 0 aliphatic rings. The van der Waals surface area contributed by atoms with Crippen LogP contribution in [0.4, 0.5) is 5.69 Å². The number of nitrogens with zero attached hydrogens (tertiary/aromatic N) is 2. The molecule has 0 spiro atoms. The van der Waals surface area contributed by atoms with E-state index in [0.29, 0.717) is 23.0 Å². The van der Waals surface area contributed by atoms with E-state index in [2.05, 4.69) is 5.32 Å². The Bertz CT molecular complexity index is 1620. The summed E-state index contributed by atoms with van der Waals surface area (Å²) in [6.45, 7) is 1.69. The van der Waals surface area contributed by atoms with Gasteiger partial charge in [-0.25, -0.2) is 8.42 Å². The normalized spacial score (nSPS) is 11.8. The van der Waals surface area contributed by atoms with Crippen molar-refractivity contribution in [2.45, 2.75) is 30.8 Å². The summed E-state index contributed by atoms with van der Waals surface area (Å²) in [5.74, 6) is -0.287. The number of anilines is 1. The number of sulfonamides is 1. The first-order valence-corrected chi connectivity index (χ1v) is 15.6. The Morgan fingerprint density at radius 2 is 1.49 bits per heavy atom. The summed E-state index contributed by atoms with van der Waals surface area (Å²) in [7, 11) is -2.64. The molecular weight excluding hydrogens is 586 g/mol. The molecule has 0 heterocycles. The molecule has 1 atom stereocenters. The Morgan fingerprint density at radius 1 is 0.860 bits per heavy atom. The van der Waals surface area contributed by atoms with E-state index in [4.69, 9.17) is 16.3 Å². The Hall–Kier alpha value is -4.34. The first kappa shape index (κ1) is 31.6. The van der Waals surface area contributed by atoms with Crippen molar-refractivity contribution in [2.75, 3.05) is 24.5 Å². The lowest BCUT2D eigenvalue weighted by molar-refractivity contribution is -0.140. The van der Waals surface area contributed by atoms with E-state index in [1.165, 1.54) is 29.2 Å². The summed E-state index contributed by atoms with van der Waals surface area (Å²) in [6.07, 6.45) is 0.234. The first-order chi connectivity index (χ1) is 20.7. The fourth-order valence-electron chi connectivity index (χ4n) is 4.67. The van der Waals surface area contributed by atoms with Gasteiger partial charge in [0.05, 0.1) is 17.7 Å². The van der Waals surface area contributed by atoms with Crippen LogP contribution in [0, 0.1) is 0 Å². The second kappa shape index (κ2) is 14.7. The van der Waals surface area contributed by atoms with Gasteiger partial charge in [-0.2, -0.15) is 0 Å². The standard InChI is InChI=1S/C33H34ClN3O5S/c1-3-35-33(39)31(22-25-11-6-4-7-12-25)36(23-26-13-10-16-29(21-26)42-2)32(38)24-37(28-14-8-5-9-15-28)43(40,41)30-19-17-27(34)18-20-30/h4-21,31H,3,22-24H2,1-2H3,(H,35,39). The van der Waals surface area contributed by atoms with Gasteiger partial charge in [0.15, 0.2) is 0 Å². The monoisotopic (exact) mass is 619 g/mol. The highest BCUT2D eigenvalue weighted by atomic mass is 35.5. The van der Waals surface area contributed by atoms with E-state index in [0.717, 1.165) is 15.4 Å². The third kappa shape index (κ3) is 8.15. The van der Waals surface area contributed by atoms with Gasteiger partial charge in [-0.05, 0) is 66.6 Å². The number of benzene rings is 4. The molecule has 0 aliphatic heterocycles. The zero-order valence-electron chi connectivity index (χ0n) is 24.0. The number of amides is 2. The number of hydrogen-bond acceptors (Lipinski definition) is 5. The lowest BCUT2D eigenvalue weighted by Gasteiger charge is -2.34. The number of nitrogens with one attached hydrogen (secondary N) is 1. The van der Waals surface area contributed by atoms with E-state index in [-0.39, 0.29) is 23.8 Å². The molecule has 0 aromatic heterocycles. The molecule has 0 saturated carbocycles. The Kier molecular flexibility index (Phi) is 10.8. The molecule has 0 saturated heterocycles. The number of ether oxygens (including phenoxy) is 1. The third-order valence-corrected chi connectivity index (χ3v) is 8.87. The Morgan fingerprint density at radius 3 is 2.12 bits per heavy atom. The van der Waals surface area contributed by atoms with Gasteiger partial charge in [-0.1, -0.05) is 72.3 Å². The molecule has 0 radical (unpaired) electrons. The maximum absolute atomic E-state index is 14.3. The van der Waals surface area contributed by atoms with Crippen LogP contribution in [-0.2, 0) is 32.6 Å². The summed E-state index contributed by atoms with van der Waals surface area (Å²) in [6, 6.07) is 29.9. The summed E-state index contributed by atoms with van der Waals surface area (Å²) < 4.78 is 34.4. The minimum atomic E-state index is -4.19. The van der Waals surface area contributed by atoms with E-state index >= 15 is 0 Å². The summed E-state index contributed by atoms with van der Waals surface area (Å²) >= 11 is 6.02. The number of para-hydroxylation sites is 1. The topological polar surface area (TPSA) is 96.0 Å². The van der Waals surface area contributed by atoms with Gasteiger partial charge in [0.25, 0.3) is 10.0 Å². The van der Waals surface area contributed by atoms with Crippen molar-refractivity contribution < 1.29 is 22.7 Å². The summed E-state index contributed by atoms with van der Waals surface area (Å²) in [5.41, 5.74) is 1.89. The molecule has 1 N–H and O–H groups in total. The Balaban J connectivity index is 1.78. The SMILES string of the molecule is CCNC(=O)C(Cc1ccccc1)N(Cc1cccc(OC)c1)C(=O)CN(c1ccccc1)S(=O)(=O)c1ccc(Cl)cc1. The predicted octanol–water partition coefficient (Wildman–Crippen LogP) is 5.32. The molecule has 0 fully saturated rings. The zero-order chi connectivity index (χ0) is 30.8. The smallest absolute Gasteiger partial charge is 0.264 e. The largest absolute Gasteiger partial charge is 0.497 e. The van der Waals surface area contributed by atoms with Crippen molar-refractivity contribution in [3.05, 3.63) is 125 Å². The van der Waals surface area contributed by atoms with Crippen molar-refractivity contribution in [1.29, 1.82) is 0 Å². The first-order valence-electron chi connectivity index (χ1n) is 13.8. The fraction of sp³-hybridized carbons (Fsp3) is 0.212. The summed E-state index contributed by atoms with van der Waals surface area (Å²) in [4.78, 5) is 29.3. The number of likely N-dealkylation sites (N-methyl/N-ethyl adjacent to an activating group) is 1. The van der Waals surface area contributed by atoms with Crippen molar-refractivity contribution in [3.8, 4) is 5.75 Å². The zero-order valence-corrected chi connectivity index (χ0v) is 25.6. The van der Waals surface area contributed by atoms with Crippen LogP contribution in [-0.4, -0.2) is 51.4 Å². The van der Waals surface area contributed by atoms with Gasteiger partial charge in [-0.15, -0.1) is 0 Å². The van der Waals surface area contributed by atoms with Crippen LogP contribution in [0.1, 0.15) is 18.1 Å². The van der Waals surface area contributed by atoms with Gasteiger partial charge >= 0.3 is 0 Å². The molecule has 10 heteroatoms. The molecule has 4 rings (SSSR count). The van der Waals surface area contributed by atoms with Gasteiger partial charge in [0, 0.05) is 24.5 Å². The molecule has 8 nitrogen and oxygen atoms in total. The molecular formula is C33H34ClN3O5S. The fourth-order valence-corrected chi connectivity index (χ4v) is 6.21. The number of rotatable bonds is 13. The van der Waals surface area contributed by atoms with Gasteiger partial charge in [-0.3, -0.25) is 13.9 Å². The van der Waals surface area contributed by atoms with E-state index < -0.39 is 28.5 Å². The van der Waals surface area contributed by atoms with Crippen molar-refractivity contribution >= 4 is 39.1 Å². The van der Waals surface area contributed by atoms with Gasteiger partial charge in [0.1, 0.15) is 18.3 Å². The van der Waals surface area contributed by atoms with Crippen LogP contribution < -0.4 is 14.4 Å². The number of hydrogen-bond donors (Lipinski definition) is 1. The highest BCUT2D eigenvalue weighted by Gasteiger charge is 2.34. The molecule has 0 bridgehead atoms. The van der Waals surface area contributed by atoms with E-state index in [1.807, 2.05) is 43.3 Å². The highest BCUT2D eigenvalue weighted by molar-refractivity contribution is 7.92. The van der Waals surface area contributed by atoms with Crippen LogP contribution in [0.25, 0.3) is 0 Å². The van der Waals surface area contributed by atoms with Crippen LogP contribution in [0.15, 0.2) is 114 Å². The second-order valence-corrected chi connectivity index (χ2v) is 12.1. The molecule has 4 aromatic rings. The van der Waals surface area contributed by atoms with E-state index in [9.17, 15) is 18.0 Å². The lowest BCUT2D eigenvalue weighted by atomic mass is 10.0. The number of carbonyl (C=O) groups excluding carboxylic acids is 2. The van der Waals surface area contributed by atoms with Crippen molar-refractivity contribution in [3.63, 3.8) is 0 Å². The lowest BCUT2D eigenvalue weighted by Crippen LogP contribution is -2.53. The van der Waals surface area contributed by atoms with E-state index in [1.54, 1.807) is 55.6 Å². The van der Waals surface area contributed by atoms with Crippen molar-refractivity contribution in [1.82, 2.24) is 10.2 Å². The van der Waals surface area contributed by atoms with Gasteiger partial charge in [0.2, 0.25) is 11.8 Å². The van der Waals surface area contributed by atoms with Crippen LogP contribution >= 0.6 is 11.6 Å². The number of carbonyl (C=O) groups is 2. The van der Waals surface area contributed by atoms with Crippen LogP contribution in [0.5, 0.6) is 5.75 Å². The maximum atomic E-state index is 14.3. The Labute approximate surface area is 257 Å². The van der Waals surface area contributed by atoms with Crippen molar-refractivity contribution in [2.24, 2.45) is 0 Å². The molecule has 4 aromatic carbocycles. The highest BCUT2D eigenvalue weighted by Crippen LogP contribution is 2.26. The number of methoxy groups -OCH3 is 1. The minimum absolute atomic E-state index is 0.0162. The molecule has 0 aliphatic carbocycles. The molecule has 2 amide bonds. The molecule has 43 heavy (non-hydrogen) atoms. The average molecular weight is 620 g/mol. The quantitative estimate of drug-likeness (QED) is 0.219. The summed E-state index contributed by atoms with van der Waals surface area (Å²) in [5, 5.41) is 3.24. The molecule has 1 unspecified atom stereocenters. The third-order valence-electron chi connectivity index (χ3n) is 6.83. The number of halogens is 1. The molecule has 224 valence electrons. The second-order valence-electron chi connectivity index (χ2n) is 9.77. The minimum Gasteiger partial charge on any atom is -0.497 e. The average Bonchev–Trinajstić information content (AvgIpc) is 3.02.